The molecule has 0 aromatic carbocycles. The van der Waals surface area contributed by atoms with Gasteiger partial charge in [0.25, 0.3) is 11.8 Å². The number of fused-ring (bicyclic) bond motifs is 1. The average molecular weight is 507 g/mol. The first kappa shape index (κ1) is 24.5. The Kier molecular flexibility index (Phi) is 6.69. The Morgan fingerprint density at radius 2 is 2.00 bits per heavy atom. The molecular formula is C17H16F3N5O6S2. The number of nitrogens with zero attached hydrogens (tertiary/aromatic N) is 3. The second-order valence-corrected chi connectivity index (χ2v) is 9.10. The molecule has 1 saturated heterocycles. The van der Waals surface area contributed by atoms with Gasteiger partial charge in [0.15, 0.2) is 10.8 Å². The Morgan fingerprint density at radius 3 is 2.58 bits per heavy atom. The SMILES string of the molecule is CON=C(C(=O)NC1C(=O)N2C(C(=O)O)=C(C)C(C)S[C@@H]12)c1csc(NC(=O)C(F)(F)F)n1. The van der Waals surface area contributed by atoms with E-state index in [1.54, 1.807) is 19.2 Å². The minimum Gasteiger partial charge on any atom is -0.477 e. The number of carboxylic acid groups (broad SMARTS) is 1. The Labute approximate surface area is 192 Å². The molecule has 0 aliphatic carbocycles. The summed E-state index contributed by atoms with van der Waals surface area (Å²) in [5.74, 6) is -5.07. The quantitative estimate of drug-likeness (QED) is 0.295. The summed E-state index contributed by atoms with van der Waals surface area (Å²) < 4.78 is 37.3. The minimum atomic E-state index is -5.13. The molecule has 1 aromatic heterocycles. The Hall–Kier alpha value is -3.14. The molecule has 3 amide bonds. The third kappa shape index (κ3) is 4.66. The van der Waals surface area contributed by atoms with Crippen LogP contribution >= 0.6 is 23.1 Å². The molecule has 2 aliphatic heterocycles. The topological polar surface area (TPSA) is 150 Å². The van der Waals surface area contributed by atoms with E-state index >= 15 is 0 Å². The van der Waals surface area contributed by atoms with Crippen LogP contribution in [0, 0.1) is 0 Å². The number of thiazole rings is 1. The van der Waals surface area contributed by atoms with E-state index in [-0.39, 0.29) is 16.6 Å². The van der Waals surface area contributed by atoms with E-state index in [4.69, 9.17) is 0 Å². The first-order valence-corrected chi connectivity index (χ1v) is 10.9. The van der Waals surface area contributed by atoms with Gasteiger partial charge >= 0.3 is 18.1 Å². The van der Waals surface area contributed by atoms with Crippen LogP contribution in [0.4, 0.5) is 18.3 Å². The van der Waals surface area contributed by atoms with Crippen LogP contribution in [0.15, 0.2) is 21.8 Å². The van der Waals surface area contributed by atoms with Gasteiger partial charge in [-0.15, -0.1) is 23.1 Å². The lowest BCUT2D eigenvalue weighted by Gasteiger charge is -2.50. The van der Waals surface area contributed by atoms with Gasteiger partial charge in [0, 0.05) is 10.6 Å². The van der Waals surface area contributed by atoms with E-state index in [2.05, 4.69) is 20.3 Å². The highest BCUT2D eigenvalue weighted by Gasteiger charge is 2.55. The van der Waals surface area contributed by atoms with Crippen LogP contribution in [-0.4, -0.2) is 74.3 Å². The van der Waals surface area contributed by atoms with Crippen molar-refractivity contribution in [3.63, 3.8) is 0 Å². The van der Waals surface area contributed by atoms with Gasteiger partial charge in [0.1, 0.15) is 29.9 Å². The molecule has 0 bridgehead atoms. The van der Waals surface area contributed by atoms with Crippen molar-refractivity contribution in [1.29, 1.82) is 0 Å². The molecule has 0 spiro atoms. The maximum atomic E-state index is 12.8. The summed E-state index contributed by atoms with van der Waals surface area (Å²) in [4.78, 5) is 57.5. The highest BCUT2D eigenvalue weighted by Crippen LogP contribution is 2.43. The Bertz CT molecular complexity index is 1090. The zero-order valence-corrected chi connectivity index (χ0v) is 18.7. The number of rotatable bonds is 6. The third-order valence-electron chi connectivity index (χ3n) is 4.72. The number of carbonyl (C=O) groups excluding carboxylic acids is 3. The van der Waals surface area contributed by atoms with Crippen LogP contribution < -0.4 is 10.6 Å². The van der Waals surface area contributed by atoms with E-state index in [0.29, 0.717) is 16.9 Å². The number of aliphatic carboxylic acids is 1. The molecule has 1 aromatic rings. The van der Waals surface area contributed by atoms with Crippen LogP contribution in [0.2, 0.25) is 0 Å². The van der Waals surface area contributed by atoms with Crippen molar-refractivity contribution in [3.8, 4) is 0 Å². The van der Waals surface area contributed by atoms with E-state index in [1.807, 2.05) is 0 Å². The smallest absolute Gasteiger partial charge is 0.471 e. The molecule has 3 atom stereocenters. The highest BCUT2D eigenvalue weighted by molar-refractivity contribution is 8.00. The standard InChI is InChI=1S/C17H16F3N5O6S2/c1-5-6(2)33-13-9(12(27)25(13)10(5)14(28)29)22-11(26)8(24-31-3)7-4-32-16(21-7)23-15(30)17(18,19)20/h4,6,9,13H,1-3H3,(H,22,26)(H,28,29)(H,21,23,30)/t6?,9?,13-/m0/s1. The fourth-order valence-electron chi connectivity index (χ4n) is 3.05. The normalized spacial score (nSPS) is 23.0. The second kappa shape index (κ2) is 9.01. The fraction of sp³-hybridized carbons (Fsp3) is 0.412. The van der Waals surface area contributed by atoms with E-state index in [1.165, 1.54) is 17.1 Å². The minimum absolute atomic E-state index is 0.142. The van der Waals surface area contributed by atoms with Crippen molar-refractivity contribution in [2.75, 3.05) is 12.4 Å². The number of oxime groups is 1. The molecular weight excluding hydrogens is 491 g/mol. The fourth-order valence-corrected chi connectivity index (χ4v) is 5.15. The van der Waals surface area contributed by atoms with Gasteiger partial charge in [0.2, 0.25) is 0 Å². The zero-order valence-electron chi connectivity index (χ0n) is 17.1. The molecule has 0 radical (unpaired) electrons. The number of amides is 3. The van der Waals surface area contributed by atoms with Crippen molar-refractivity contribution < 1.29 is 42.3 Å². The van der Waals surface area contributed by atoms with Gasteiger partial charge in [0.05, 0.1) is 0 Å². The van der Waals surface area contributed by atoms with Crippen LogP contribution in [0.25, 0.3) is 0 Å². The summed E-state index contributed by atoms with van der Waals surface area (Å²) in [6.07, 6.45) is -5.13. The first-order valence-electron chi connectivity index (χ1n) is 9.05. The summed E-state index contributed by atoms with van der Waals surface area (Å²) in [6, 6.07) is -1.07. The second-order valence-electron chi connectivity index (χ2n) is 6.78. The number of aromatic nitrogens is 1. The third-order valence-corrected chi connectivity index (χ3v) is 7.00. The zero-order chi connectivity index (χ0) is 24.7. The predicted octanol–water partition coefficient (Wildman–Crippen LogP) is 1.14. The molecule has 2 unspecified atom stereocenters. The van der Waals surface area contributed by atoms with Gasteiger partial charge < -0.3 is 15.3 Å². The van der Waals surface area contributed by atoms with Gasteiger partial charge in [-0.05, 0) is 19.4 Å². The van der Waals surface area contributed by atoms with Crippen molar-refractivity contribution in [3.05, 3.63) is 22.3 Å². The average Bonchev–Trinajstić information content (AvgIpc) is 3.18. The molecule has 3 N–H and O–H groups in total. The van der Waals surface area contributed by atoms with Gasteiger partial charge in [-0.3, -0.25) is 24.6 Å². The predicted molar refractivity (Wildman–Crippen MR) is 110 cm³/mol. The lowest BCUT2D eigenvalue weighted by molar-refractivity contribution is -0.167. The van der Waals surface area contributed by atoms with E-state index < -0.39 is 52.1 Å². The lowest BCUT2D eigenvalue weighted by atomic mass is 10.0. The summed E-state index contributed by atoms with van der Waals surface area (Å²) in [7, 11) is 1.12. The van der Waals surface area contributed by atoms with Crippen LogP contribution in [-0.2, 0) is 24.0 Å². The summed E-state index contributed by atoms with van der Waals surface area (Å²) in [6.45, 7) is 3.38. The molecule has 11 nitrogen and oxygen atoms in total. The van der Waals surface area contributed by atoms with Crippen LogP contribution in [0.1, 0.15) is 19.5 Å². The van der Waals surface area contributed by atoms with Crippen molar-refractivity contribution in [2.24, 2.45) is 5.16 Å². The highest BCUT2D eigenvalue weighted by atomic mass is 32.2. The number of β-lactam (4-membered cyclic amide) rings is 1. The molecule has 16 heteroatoms. The number of alkyl halides is 3. The number of carbonyl (C=O) groups is 4. The largest absolute Gasteiger partial charge is 0.477 e. The van der Waals surface area contributed by atoms with Crippen molar-refractivity contribution in [2.45, 2.75) is 36.7 Å². The molecule has 33 heavy (non-hydrogen) atoms. The van der Waals surface area contributed by atoms with Crippen LogP contribution in [0.3, 0.4) is 0 Å². The molecule has 0 saturated carbocycles. The Morgan fingerprint density at radius 1 is 1.33 bits per heavy atom. The summed E-state index contributed by atoms with van der Waals surface area (Å²) >= 11 is 1.90. The number of nitrogens with one attached hydrogen (secondary N) is 2. The molecule has 2 aliphatic rings. The van der Waals surface area contributed by atoms with E-state index in [0.717, 1.165) is 12.0 Å². The maximum Gasteiger partial charge on any atom is 0.471 e. The van der Waals surface area contributed by atoms with Gasteiger partial charge in [-0.1, -0.05) is 5.16 Å². The van der Waals surface area contributed by atoms with Crippen molar-refractivity contribution >= 4 is 57.6 Å². The van der Waals surface area contributed by atoms with Gasteiger partial charge in [-0.2, -0.15) is 13.2 Å². The molecule has 3 heterocycles. The molecule has 1 fully saturated rings. The number of thioether (sulfide) groups is 1. The maximum absolute atomic E-state index is 12.8. The van der Waals surface area contributed by atoms with Crippen molar-refractivity contribution in [1.82, 2.24) is 15.2 Å². The number of halogens is 3. The summed E-state index contributed by atoms with van der Waals surface area (Å²) in [5, 5.41) is 16.8. The number of hydrogen-bond acceptors (Lipinski definition) is 9. The number of hydrogen-bond donors (Lipinski definition) is 3. The first-order chi connectivity index (χ1) is 15.4. The monoisotopic (exact) mass is 507 g/mol. The lowest BCUT2D eigenvalue weighted by Crippen LogP contribution is -2.71. The van der Waals surface area contributed by atoms with E-state index in [9.17, 15) is 37.5 Å². The number of anilines is 1. The molecule has 3 rings (SSSR count). The Balaban J connectivity index is 1.77. The summed E-state index contributed by atoms with van der Waals surface area (Å²) in [5.41, 5.74) is -0.282. The number of carboxylic acids is 1. The van der Waals surface area contributed by atoms with Crippen LogP contribution in [0.5, 0.6) is 0 Å². The van der Waals surface area contributed by atoms with Gasteiger partial charge in [-0.25, -0.2) is 9.78 Å². The molecule has 178 valence electrons.